The van der Waals surface area contributed by atoms with Gasteiger partial charge < -0.3 is 5.32 Å². The lowest BCUT2D eigenvalue weighted by Gasteiger charge is -2.09. The molecule has 0 saturated heterocycles. The number of thiocarbonyl (C=S) groups is 1. The molecule has 0 aliphatic heterocycles. The van der Waals surface area contributed by atoms with Gasteiger partial charge in [0.1, 0.15) is 0 Å². The van der Waals surface area contributed by atoms with Crippen LogP contribution >= 0.6 is 23.8 Å². The van der Waals surface area contributed by atoms with Gasteiger partial charge in [-0.2, -0.15) is 18.3 Å². The number of nitrogens with one attached hydrogen (secondary N) is 2. The van der Waals surface area contributed by atoms with Crippen molar-refractivity contribution in [2.75, 3.05) is 5.32 Å². The normalized spacial score (nSPS) is 11.5. The Hall–Kier alpha value is -2.12. The zero-order valence-corrected chi connectivity index (χ0v) is 13.1. The second-order valence-corrected chi connectivity index (χ2v) is 5.30. The molecule has 0 unspecified atom stereocenters. The maximum atomic E-state index is 12.4. The Kier molecular flexibility index (Phi) is 5.57. The number of hydrogen-bond donors (Lipinski definition) is 2. The van der Waals surface area contributed by atoms with Gasteiger partial charge >= 0.3 is 6.18 Å². The number of alkyl halides is 3. The fourth-order valence-electron chi connectivity index (χ4n) is 1.62. The zero-order chi connectivity index (χ0) is 16.9. The molecule has 0 spiro atoms. The predicted molar refractivity (Wildman–Crippen MR) is 89.8 cm³/mol. The smallest absolute Gasteiger partial charge is 0.331 e. The second-order valence-electron chi connectivity index (χ2n) is 4.45. The van der Waals surface area contributed by atoms with Crippen LogP contribution in [0.25, 0.3) is 0 Å². The molecule has 0 atom stereocenters. The molecule has 0 bridgehead atoms. The Bertz CT molecular complexity index is 697. The molecule has 2 rings (SSSR count). The molecule has 2 aromatic carbocycles. The van der Waals surface area contributed by atoms with E-state index in [-0.39, 0.29) is 5.11 Å². The molecular weight excluding hydrogens is 347 g/mol. The van der Waals surface area contributed by atoms with Gasteiger partial charge in [-0.3, -0.25) is 5.43 Å². The van der Waals surface area contributed by atoms with E-state index in [1.165, 1.54) is 18.3 Å². The quantitative estimate of drug-likeness (QED) is 0.476. The molecule has 0 heterocycles. The molecule has 0 aliphatic carbocycles. The lowest BCUT2D eigenvalue weighted by molar-refractivity contribution is -0.137. The fraction of sp³-hybridized carbons (Fsp3) is 0.0667. The summed E-state index contributed by atoms with van der Waals surface area (Å²) in [7, 11) is 0. The third-order valence-corrected chi connectivity index (χ3v) is 3.17. The maximum Gasteiger partial charge on any atom is 0.416 e. The van der Waals surface area contributed by atoms with Crippen LogP contribution in [0, 0.1) is 0 Å². The van der Waals surface area contributed by atoms with E-state index in [1.54, 1.807) is 24.3 Å². The molecule has 0 fully saturated rings. The SMILES string of the molecule is FC(F)(F)c1ccc(NC(=S)N/N=C/c2ccc(Cl)cc2)cc1. The number of hydrogen-bond acceptors (Lipinski definition) is 2. The molecule has 0 saturated carbocycles. The van der Waals surface area contributed by atoms with E-state index in [2.05, 4.69) is 15.8 Å². The van der Waals surface area contributed by atoms with Gasteiger partial charge in [-0.1, -0.05) is 23.7 Å². The molecule has 8 heteroatoms. The number of anilines is 1. The maximum absolute atomic E-state index is 12.4. The van der Waals surface area contributed by atoms with Crippen LogP contribution in [-0.2, 0) is 6.18 Å². The summed E-state index contributed by atoms with van der Waals surface area (Å²) in [5, 5.41) is 7.44. The minimum atomic E-state index is -4.36. The highest BCUT2D eigenvalue weighted by molar-refractivity contribution is 7.80. The van der Waals surface area contributed by atoms with Gasteiger partial charge in [0.25, 0.3) is 0 Å². The molecular formula is C15H11ClF3N3S. The Morgan fingerprint density at radius 3 is 2.22 bits per heavy atom. The average molecular weight is 358 g/mol. The van der Waals surface area contributed by atoms with Crippen LogP contribution in [0.2, 0.25) is 5.02 Å². The summed E-state index contributed by atoms with van der Waals surface area (Å²) < 4.78 is 37.3. The van der Waals surface area contributed by atoms with E-state index in [1.807, 2.05) is 0 Å². The van der Waals surface area contributed by atoms with Gasteiger partial charge in [0, 0.05) is 10.7 Å². The van der Waals surface area contributed by atoms with Crippen molar-refractivity contribution in [3.05, 3.63) is 64.7 Å². The molecule has 0 radical (unpaired) electrons. The van der Waals surface area contributed by atoms with Gasteiger partial charge in [-0.25, -0.2) is 0 Å². The highest BCUT2D eigenvalue weighted by Crippen LogP contribution is 2.29. The Morgan fingerprint density at radius 2 is 1.65 bits per heavy atom. The second kappa shape index (κ2) is 7.43. The van der Waals surface area contributed by atoms with Gasteiger partial charge in [0.15, 0.2) is 5.11 Å². The minimum Gasteiger partial charge on any atom is -0.331 e. The third-order valence-electron chi connectivity index (χ3n) is 2.72. The zero-order valence-electron chi connectivity index (χ0n) is 11.6. The van der Waals surface area contributed by atoms with Crippen molar-refractivity contribution in [1.82, 2.24) is 5.43 Å². The minimum absolute atomic E-state index is 0.162. The van der Waals surface area contributed by atoms with Gasteiger partial charge in [0.2, 0.25) is 0 Å². The summed E-state index contributed by atoms with van der Waals surface area (Å²) in [6.07, 6.45) is -2.82. The topological polar surface area (TPSA) is 36.4 Å². The first-order chi connectivity index (χ1) is 10.8. The van der Waals surface area contributed by atoms with Gasteiger partial charge in [0.05, 0.1) is 11.8 Å². The van der Waals surface area contributed by atoms with E-state index in [0.717, 1.165) is 17.7 Å². The van der Waals surface area contributed by atoms with Crippen LogP contribution in [0.4, 0.5) is 18.9 Å². The number of hydrazone groups is 1. The molecule has 0 aromatic heterocycles. The van der Waals surface area contributed by atoms with Crippen molar-refractivity contribution in [1.29, 1.82) is 0 Å². The first kappa shape index (κ1) is 17.2. The first-order valence-corrected chi connectivity index (χ1v) is 7.16. The van der Waals surface area contributed by atoms with Crippen molar-refractivity contribution in [3.8, 4) is 0 Å². The molecule has 120 valence electrons. The average Bonchev–Trinajstić information content (AvgIpc) is 2.49. The number of rotatable bonds is 3. The van der Waals surface area contributed by atoms with E-state index in [0.29, 0.717) is 10.7 Å². The summed E-state index contributed by atoms with van der Waals surface area (Å²) in [5.41, 5.74) is 3.10. The van der Waals surface area contributed by atoms with Crippen molar-refractivity contribution < 1.29 is 13.2 Å². The number of halogens is 4. The van der Waals surface area contributed by atoms with E-state index < -0.39 is 11.7 Å². The number of benzene rings is 2. The van der Waals surface area contributed by atoms with E-state index in [4.69, 9.17) is 23.8 Å². The molecule has 2 N–H and O–H groups in total. The van der Waals surface area contributed by atoms with Crippen LogP contribution in [0.1, 0.15) is 11.1 Å². The third kappa shape index (κ3) is 5.54. The van der Waals surface area contributed by atoms with Crippen LogP contribution < -0.4 is 10.7 Å². The van der Waals surface area contributed by atoms with Crippen LogP contribution in [-0.4, -0.2) is 11.3 Å². The summed E-state index contributed by atoms with van der Waals surface area (Å²) in [5.74, 6) is 0. The Labute approximate surface area is 141 Å². The van der Waals surface area contributed by atoms with Gasteiger partial charge in [-0.15, -0.1) is 0 Å². The highest BCUT2D eigenvalue weighted by Gasteiger charge is 2.29. The van der Waals surface area contributed by atoms with Crippen LogP contribution in [0.15, 0.2) is 53.6 Å². The Morgan fingerprint density at radius 1 is 1.04 bits per heavy atom. The predicted octanol–water partition coefficient (Wildman–Crippen LogP) is 4.68. The summed E-state index contributed by atoms with van der Waals surface area (Å²) in [6, 6.07) is 11.5. The molecule has 23 heavy (non-hydrogen) atoms. The van der Waals surface area contributed by atoms with Crippen molar-refractivity contribution in [2.24, 2.45) is 5.10 Å². The van der Waals surface area contributed by atoms with Crippen LogP contribution in [0.3, 0.4) is 0 Å². The van der Waals surface area contributed by atoms with Crippen molar-refractivity contribution in [2.45, 2.75) is 6.18 Å². The molecule has 0 amide bonds. The molecule has 2 aromatic rings. The highest BCUT2D eigenvalue weighted by atomic mass is 35.5. The van der Waals surface area contributed by atoms with Crippen LogP contribution in [0.5, 0.6) is 0 Å². The summed E-state index contributed by atoms with van der Waals surface area (Å²) in [6.45, 7) is 0. The standard InChI is InChI=1S/C15H11ClF3N3S/c16-12-5-1-10(2-6-12)9-20-22-14(23)21-13-7-3-11(4-8-13)15(17,18)19/h1-9H,(H2,21,22,23)/b20-9+. The van der Waals surface area contributed by atoms with Gasteiger partial charge in [-0.05, 0) is 54.2 Å². The fourth-order valence-corrected chi connectivity index (χ4v) is 1.91. The first-order valence-electron chi connectivity index (χ1n) is 6.37. The lowest BCUT2D eigenvalue weighted by Crippen LogP contribution is -2.23. The largest absolute Gasteiger partial charge is 0.416 e. The Balaban J connectivity index is 1.88. The van der Waals surface area contributed by atoms with E-state index >= 15 is 0 Å². The van der Waals surface area contributed by atoms with E-state index in [9.17, 15) is 13.2 Å². The monoisotopic (exact) mass is 357 g/mol. The number of nitrogens with zero attached hydrogens (tertiary/aromatic N) is 1. The molecule has 0 aliphatic rings. The lowest BCUT2D eigenvalue weighted by atomic mass is 10.2. The molecule has 3 nitrogen and oxygen atoms in total. The van der Waals surface area contributed by atoms with Crippen molar-refractivity contribution in [3.63, 3.8) is 0 Å². The summed E-state index contributed by atoms with van der Waals surface area (Å²) in [4.78, 5) is 0. The summed E-state index contributed by atoms with van der Waals surface area (Å²) >= 11 is 10.8. The van der Waals surface area contributed by atoms with Crippen molar-refractivity contribution >= 4 is 40.8 Å².